The molecule has 2 N–H and O–H groups in total. The Morgan fingerprint density at radius 1 is 1.16 bits per heavy atom. The fraction of sp³-hybridized carbons (Fsp3) is 0.333. The summed E-state index contributed by atoms with van der Waals surface area (Å²) < 4.78 is 38.8. The third-order valence-corrected chi connectivity index (χ3v) is 2.26. The Morgan fingerprint density at radius 2 is 1.79 bits per heavy atom. The first-order valence-corrected chi connectivity index (χ1v) is 5.54. The van der Waals surface area contributed by atoms with Crippen LogP contribution in [0.4, 0.5) is 18.9 Å². The van der Waals surface area contributed by atoms with Crippen LogP contribution in [0.3, 0.4) is 0 Å². The molecule has 0 bridgehead atoms. The second-order valence-electron chi connectivity index (χ2n) is 4.14. The van der Waals surface area contributed by atoms with Crippen molar-refractivity contribution in [2.75, 3.05) is 11.9 Å². The number of benzene rings is 1. The fourth-order valence-corrected chi connectivity index (χ4v) is 1.19. The number of hydrogen-bond donors (Lipinski definition) is 2. The van der Waals surface area contributed by atoms with Crippen LogP contribution in [0.15, 0.2) is 12.1 Å². The van der Waals surface area contributed by atoms with Crippen molar-refractivity contribution >= 4 is 17.5 Å². The summed E-state index contributed by atoms with van der Waals surface area (Å²) in [6, 6.07) is 1.59. The van der Waals surface area contributed by atoms with E-state index >= 15 is 0 Å². The van der Waals surface area contributed by atoms with Crippen LogP contribution < -0.4 is 10.6 Å². The minimum Gasteiger partial charge on any atom is -0.347 e. The molecule has 0 aliphatic heterocycles. The van der Waals surface area contributed by atoms with Gasteiger partial charge in [0.2, 0.25) is 11.8 Å². The second kappa shape index (κ2) is 6.21. The van der Waals surface area contributed by atoms with Gasteiger partial charge in [0.1, 0.15) is 0 Å². The molecule has 0 atom stereocenters. The number of carbonyl (C=O) groups excluding carboxylic acids is 2. The van der Waals surface area contributed by atoms with Crippen LogP contribution >= 0.6 is 0 Å². The first-order chi connectivity index (χ1) is 8.82. The minimum absolute atomic E-state index is 0.298. The monoisotopic (exact) mass is 274 g/mol. The molecule has 0 aliphatic rings. The largest absolute Gasteiger partial charge is 0.347 e. The molecular weight excluding hydrogens is 261 g/mol. The molecule has 19 heavy (non-hydrogen) atoms. The zero-order valence-corrected chi connectivity index (χ0v) is 10.4. The van der Waals surface area contributed by atoms with E-state index in [4.69, 9.17) is 0 Å². The van der Waals surface area contributed by atoms with Crippen LogP contribution in [0.5, 0.6) is 0 Å². The molecule has 0 saturated heterocycles. The fourth-order valence-electron chi connectivity index (χ4n) is 1.19. The van der Waals surface area contributed by atoms with Crippen LogP contribution in [0, 0.1) is 23.4 Å². The summed E-state index contributed by atoms with van der Waals surface area (Å²) in [5, 5.41) is 4.34. The molecular formula is C12H13F3N2O2. The second-order valence-corrected chi connectivity index (χ2v) is 4.14. The minimum atomic E-state index is -1.66. The van der Waals surface area contributed by atoms with Gasteiger partial charge in [-0.2, -0.15) is 0 Å². The topological polar surface area (TPSA) is 58.2 Å². The van der Waals surface area contributed by atoms with Crippen LogP contribution in [-0.4, -0.2) is 18.4 Å². The molecule has 0 saturated carbocycles. The maximum atomic E-state index is 13.2. The lowest BCUT2D eigenvalue weighted by molar-refractivity contribution is -0.126. The quantitative estimate of drug-likeness (QED) is 0.823. The summed E-state index contributed by atoms with van der Waals surface area (Å²) in [4.78, 5) is 22.6. The van der Waals surface area contributed by atoms with Crippen molar-refractivity contribution in [2.24, 2.45) is 5.92 Å². The lowest BCUT2D eigenvalue weighted by Crippen LogP contribution is -2.35. The third kappa shape index (κ3) is 3.97. The van der Waals surface area contributed by atoms with Gasteiger partial charge >= 0.3 is 0 Å². The first-order valence-electron chi connectivity index (χ1n) is 5.54. The van der Waals surface area contributed by atoms with E-state index in [-0.39, 0.29) is 18.4 Å². The van der Waals surface area contributed by atoms with Gasteiger partial charge in [-0.15, -0.1) is 0 Å². The van der Waals surface area contributed by atoms with Crippen molar-refractivity contribution < 1.29 is 22.8 Å². The van der Waals surface area contributed by atoms with Gasteiger partial charge in [0, 0.05) is 5.92 Å². The smallest absolute Gasteiger partial charge is 0.243 e. The number of hydrogen-bond acceptors (Lipinski definition) is 2. The average molecular weight is 274 g/mol. The number of carbonyl (C=O) groups is 2. The van der Waals surface area contributed by atoms with Crippen molar-refractivity contribution in [2.45, 2.75) is 13.8 Å². The molecule has 0 radical (unpaired) electrons. The molecule has 0 aliphatic carbocycles. The maximum absolute atomic E-state index is 13.2. The number of anilines is 1. The Hall–Kier alpha value is -2.05. The van der Waals surface area contributed by atoms with E-state index in [9.17, 15) is 22.8 Å². The van der Waals surface area contributed by atoms with Gasteiger partial charge in [-0.1, -0.05) is 13.8 Å². The first kappa shape index (κ1) is 15.0. The molecule has 1 aromatic rings. The standard InChI is InChI=1S/C12H13F3N2O2/c1-6(2)12(19)16-5-9(18)17-8-4-3-7(13)10(14)11(8)15/h3-4,6H,5H2,1-2H3,(H,16,19)(H,17,18). The van der Waals surface area contributed by atoms with E-state index in [2.05, 4.69) is 5.32 Å². The SMILES string of the molecule is CC(C)C(=O)NCC(=O)Nc1ccc(F)c(F)c1F. The maximum Gasteiger partial charge on any atom is 0.243 e. The van der Waals surface area contributed by atoms with Gasteiger partial charge in [0.05, 0.1) is 12.2 Å². The summed E-state index contributed by atoms with van der Waals surface area (Å²) >= 11 is 0. The van der Waals surface area contributed by atoms with Gasteiger partial charge in [0.25, 0.3) is 0 Å². The van der Waals surface area contributed by atoms with E-state index in [1.54, 1.807) is 13.8 Å². The lowest BCUT2D eigenvalue weighted by atomic mass is 10.2. The Labute approximate surface area is 108 Å². The van der Waals surface area contributed by atoms with Crippen molar-refractivity contribution in [1.29, 1.82) is 0 Å². The zero-order chi connectivity index (χ0) is 14.6. The molecule has 1 rings (SSSR count). The molecule has 1 aromatic carbocycles. The predicted octanol–water partition coefficient (Wildman–Crippen LogP) is 1.81. The number of nitrogens with one attached hydrogen (secondary N) is 2. The molecule has 0 spiro atoms. The predicted molar refractivity (Wildman–Crippen MR) is 62.8 cm³/mol. The van der Waals surface area contributed by atoms with Crippen molar-refractivity contribution in [1.82, 2.24) is 5.32 Å². The van der Waals surface area contributed by atoms with Crippen LogP contribution in [0.2, 0.25) is 0 Å². The van der Waals surface area contributed by atoms with E-state index in [1.807, 2.05) is 5.32 Å². The molecule has 0 aromatic heterocycles. The third-order valence-electron chi connectivity index (χ3n) is 2.26. The van der Waals surface area contributed by atoms with Crippen LogP contribution in [0.1, 0.15) is 13.8 Å². The molecule has 4 nitrogen and oxygen atoms in total. The van der Waals surface area contributed by atoms with Crippen molar-refractivity contribution in [3.05, 3.63) is 29.6 Å². The Balaban J connectivity index is 2.63. The van der Waals surface area contributed by atoms with Gasteiger partial charge in [-0.05, 0) is 12.1 Å². The highest BCUT2D eigenvalue weighted by Crippen LogP contribution is 2.19. The molecule has 0 heterocycles. The van der Waals surface area contributed by atoms with E-state index in [0.29, 0.717) is 6.07 Å². The van der Waals surface area contributed by atoms with Crippen LogP contribution in [0.25, 0.3) is 0 Å². The Bertz CT molecular complexity index is 504. The average Bonchev–Trinajstić information content (AvgIpc) is 2.36. The summed E-state index contributed by atoms with van der Waals surface area (Å²) in [6.45, 7) is 2.90. The van der Waals surface area contributed by atoms with Gasteiger partial charge in [0.15, 0.2) is 17.5 Å². The van der Waals surface area contributed by atoms with Gasteiger partial charge in [-0.3, -0.25) is 9.59 Å². The number of halogens is 3. The highest BCUT2D eigenvalue weighted by atomic mass is 19.2. The summed E-state index contributed by atoms with van der Waals surface area (Å²) in [5.74, 6) is -5.87. The normalized spacial score (nSPS) is 10.4. The molecule has 104 valence electrons. The van der Waals surface area contributed by atoms with E-state index in [1.165, 1.54) is 0 Å². The molecule has 0 unspecified atom stereocenters. The molecule has 0 fully saturated rings. The zero-order valence-electron chi connectivity index (χ0n) is 10.4. The van der Waals surface area contributed by atoms with E-state index in [0.717, 1.165) is 6.07 Å². The molecule has 2 amide bonds. The highest BCUT2D eigenvalue weighted by Gasteiger charge is 2.15. The van der Waals surface area contributed by atoms with Crippen molar-refractivity contribution in [3.8, 4) is 0 Å². The Morgan fingerprint density at radius 3 is 2.37 bits per heavy atom. The lowest BCUT2D eigenvalue weighted by Gasteiger charge is -2.09. The van der Waals surface area contributed by atoms with Crippen molar-refractivity contribution in [3.63, 3.8) is 0 Å². The number of rotatable bonds is 4. The summed E-state index contributed by atoms with van der Waals surface area (Å²) in [6.07, 6.45) is 0. The summed E-state index contributed by atoms with van der Waals surface area (Å²) in [7, 11) is 0. The highest BCUT2D eigenvalue weighted by molar-refractivity contribution is 5.94. The van der Waals surface area contributed by atoms with Gasteiger partial charge in [-0.25, -0.2) is 13.2 Å². The van der Waals surface area contributed by atoms with E-state index < -0.39 is 29.0 Å². The summed E-state index contributed by atoms with van der Waals surface area (Å²) in [5.41, 5.74) is -0.484. The molecule has 7 heteroatoms. The number of amides is 2. The Kier molecular flexibility index (Phi) is 4.91. The van der Waals surface area contributed by atoms with Gasteiger partial charge < -0.3 is 10.6 Å². The van der Waals surface area contributed by atoms with Crippen LogP contribution in [-0.2, 0) is 9.59 Å².